The Morgan fingerprint density at radius 3 is 2.91 bits per heavy atom. The number of hydrogen-bond acceptors (Lipinski definition) is 3. The molecule has 0 bridgehead atoms. The second-order valence-corrected chi connectivity index (χ2v) is 6.51. The van der Waals surface area contributed by atoms with Crippen molar-refractivity contribution in [2.45, 2.75) is 31.7 Å². The summed E-state index contributed by atoms with van der Waals surface area (Å²) in [5.74, 6) is 0.686. The number of aromatic nitrogens is 2. The number of amides is 2. The van der Waals surface area contributed by atoms with Crippen LogP contribution in [0.5, 0.6) is 0 Å². The van der Waals surface area contributed by atoms with Gasteiger partial charge in [-0.15, -0.1) is 0 Å². The van der Waals surface area contributed by atoms with Gasteiger partial charge in [-0.3, -0.25) is 14.3 Å². The van der Waals surface area contributed by atoms with Gasteiger partial charge in [0.15, 0.2) is 0 Å². The molecule has 2 atom stereocenters. The monoisotopic (exact) mass is 316 g/mol. The summed E-state index contributed by atoms with van der Waals surface area (Å²) in [6, 6.07) is 2.16. The van der Waals surface area contributed by atoms with E-state index in [9.17, 15) is 9.59 Å². The maximum Gasteiger partial charge on any atom is 0.246 e. The van der Waals surface area contributed by atoms with Gasteiger partial charge in [0, 0.05) is 51.9 Å². The third-order valence-electron chi connectivity index (χ3n) is 5.12. The number of rotatable bonds is 2. The van der Waals surface area contributed by atoms with Crippen LogP contribution < -0.4 is 0 Å². The molecule has 3 heterocycles. The quantitative estimate of drug-likeness (QED) is 0.773. The lowest BCUT2D eigenvalue weighted by Gasteiger charge is -2.41. The largest absolute Gasteiger partial charge is 0.342 e. The summed E-state index contributed by atoms with van der Waals surface area (Å²) in [5.41, 5.74) is 0.910. The summed E-state index contributed by atoms with van der Waals surface area (Å²) in [6.45, 7) is 1.46. The molecule has 2 amide bonds. The van der Waals surface area contributed by atoms with E-state index in [1.165, 1.54) is 0 Å². The molecule has 6 heteroatoms. The second kappa shape index (κ2) is 6.56. The van der Waals surface area contributed by atoms with Crippen molar-refractivity contribution in [3.8, 4) is 0 Å². The van der Waals surface area contributed by atoms with Crippen LogP contribution in [0.25, 0.3) is 6.08 Å². The van der Waals surface area contributed by atoms with Crippen molar-refractivity contribution in [2.24, 2.45) is 13.0 Å². The van der Waals surface area contributed by atoms with Crippen molar-refractivity contribution in [3.05, 3.63) is 24.0 Å². The number of aryl methyl sites for hydroxylation is 1. The van der Waals surface area contributed by atoms with Gasteiger partial charge < -0.3 is 9.80 Å². The van der Waals surface area contributed by atoms with Gasteiger partial charge in [0.05, 0.1) is 5.69 Å². The zero-order valence-electron chi connectivity index (χ0n) is 13.8. The first-order valence-corrected chi connectivity index (χ1v) is 8.27. The van der Waals surface area contributed by atoms with E-state index in [1.807, 2.05) is 36.0 Å². The zero-order chi connectivity index (χ0) is 16.4. The molecule has 2 aliphatic rings. The predicted octanol–water partition coefficient (Wildman–Crippen LogP) is 1.29. The van der Waals surface area contributed by atoms with E-state index < -0.39 is 0 Å². The highest BCUT2D eigenvalue weighted by atomic mass is 16.2. The number of carbonyl (C=O) groups excluding carboxylic acids is 2. The Kier molecular flexibility index (Phi) is 4.50. The van der Waals surface area contributed by atoms with E-state index in [0.717, 1.165) is 31.5 Å². The fourth-order valence-electron chi connectivity index (χ4n) is 3.70. The molecule has 1 aromatic heterocycles. The summed E-state index contributed by atoms with van der Waals surface area (Å²) >= 11 is 0. The van der Waals surface area contributed by atoms with Crippen molar-refractivity contribution >= 4 is 17.9 Å². The lowest BCUT2D eigenvalue weighted by molar-refractivity contribution is -0.134. The Bertz CT molecular complexity index is 622. The zero-order valence-corrected chi connectivity index (χ0v) is 13.8. The minimum atomic E-state index is 0.0443. The third kappa shape index (κ3) is 3.30. The summed E-state index contributed by atoms with van der Waals surface area (Å²) in [5, 5.41) is 4.09. The van der Waals surface area contributed by atoms with E-state index in [1.54, 1.807) is 17.0 Å². The average molecular weight is 316 g/mol. The van der Waals surface area contributed by atoms with Crippen molar-refractivity contribution in [2.75, 3.05) is 20.1 Å². The van der Waals surface area contributed by atoms with Gasteiger partial charge in [0.1, 0.15) is 0 Å². The highest BCUT2D eigenvalue weighted by Gasteiger charge is 2.36. The molecule has 124 valence electrons. The molecule has 0 saturated carbocycles. The molecule has 0 aliphatic carbocycles. The summed E-state index contributed by atoms with van der Waals surface area (Å²) < 4.78 is 1.74. The van der Waals surface area contributed by atoms with Gasteiger partial charge in [-0.05, 0) is 37.3 Å². The molecule has 23 heavy (non-hydrogen) atoms. The Labute approximate surface area is 136 Å². The van der Waals surface area contributed by atoms with E-state index in [4.69, 9.17) is 0 Å². The van der Waals surface area contributed by atoms with Crippen LogP contribution in [0.1, 0.15) is 31.4 Å². The molecule has 0 N–H and O–H groups in total. The number of carbonyl (C=O) groups is 2. The molecule has 2 fully saturated rings. The van der Waals surface area contributed by atoms with Crippen LogP contribution in [0.2, 0.25) is 0 Å². The van der Waals surface area contributed by atoms with E-state index in [0.29, 0.717) is 18.9 Å². The number of fused-ring (bicyclic) bond motifs is 1. The van der Waals surface area contributed by atoms with Gasteiger partial charge in [-0.1, -0.05) is 0 Å². The number of likely N-dealkylation sites (tertiary alicyclic amines) is 2. The minimum Gasteiger partial charge on any atom is -0.342 e. The molecule has 0 unspecified atom stereocenters. The average Bonchev–Trinajstić information content (AvgIpc) is 2.90. The van der Waals surface area contributed by atoms with Crippen LogP contribution >= 0.6 is 0 Å². The maximum absolute atomic E-state index is 12.4. The second-order valence-electron chi connectivity index (χ2n) is 6.51. The fraction of sp³-hybridized carbons (Fsp3) is 0.588. The Morgan fingerprint density at radius 1 is 1.35 bits per heavy atom. The summed E-state index contributed by atoms with van der Waals surface area (Å²) in [6.07, 6.45) is 8.62. The van der Waals surface area contributed by atoms with Crippen LogP contribution in [0, 0.1) is 5.92 Å². The third-order valence-corrected chi connectivity index (χ3v) is 5.12. The van der Waals surface area contributed by atoms with Gasteiger partial charge in [0.2, 0.25) is 11.8 Å². The molecule has 0 aromatic carbocycles. The Morgan fingerprint density at radius 2 is 2.17 bits per heavy atom. The van der Waals surface area contributed by atoms with Crippen molar-refractivity contribution < 1.29 is 9.59 Å². The van der Waals surface area contributed by atoms with E-state index in [-0.39, 0.29) is 17.9 Å². The summed E-state index contributed by atoms with van der Waals surface area (Å²) in [4.78, 5) is 28.2. The van der Waals surface area contributed by atoms with Gasteiger partial charge in [-0.25, -0.2) is 0 Å². The van der Waals surface area contributed by atoms with Crippen LogP contribution in [0.15, 0.2) is 18.3 Å². The topological polar surface area (TPSA) is 58.4 Å². The van der Waals surface area contributed by atoms with Crippen molar-refractivity contribution in [1.82, 2.24) is 19.6 Å². The molecular formula is C17H24N4O2. The SMILES string of the molecule is CN1C(=O)CCC[C@H]2CN(C(=O)/C=C/c3ccnn3C)CC[C@H]21. The lowest BCUT2D eigenvalue weighted by Crippen LogP contribution is -2.51. The molecule has 0 radical (unpaired) electrons. The first kappa shape index (κ1) is 15.8. The molecule has 0 spiro atoms. The first-order valence-electron chi connectivity index (χ1n) is 8.27. The number of hydrogen-bond donors (Lipinski definition) is 0. The first-order chi connectivity index (χ1) is 11.1. The standard InChI is InChI=1S/C17H24N4O2/c1-19-15-9-11-21(12-13(15)4-3-5-16(19)22)17(23)7-6-14-8-10-18-20(14)2/h6-8,10,13,15H,3-5,9,11-12H2,1-2H3/b7-6+/t13-,15+/m0/s1. The molecule has 2 aliphatic heterocycles. The molecule has 1 aromatic rings. The minimum absolute atomic E-state index is 0.0443. The van der Waals surface area contributed by atoms with E-state index in [2.05, 4.69) is 5.10 Å². The Hall–Kier alpha value is -2.11. The van der Waals surface area contributed by atoms with Crippen LogP contribution in [0.3, 0.4) is 0 Å². The molecular weight excluding hydrogens is 292 g/mol. The fourth-order valence-corrected chi connectivity index (χ4v) is 3.70. The Balaban J connectivity index is 1.64. The molecule has 6 nitrogen and oxygen atoms in total. The van der Waals surface area contributed by atoms with E-state index >= 15 is 0 Å². The van der Waals surface area contributed by atoms with Crippen LogP contribution in [-0.2, 0) is 16.6 Å². The highest BCUT2D eigenvalue weighted by molar-refractivity contribution is 5.91. The van der Waals surface area contributed by atoms with Gasteiger partial charge in [-0.2, -0.15) is 5.10 Å². The normalized spacial score (nSPS) is 25.6. The molecule has 3 rings (SSSR count). The number of piperidine rings is 1. The predicted molar refractivity (Wildman–Crippen MR) is 87.3 cm³/mol. The van der Waals surface area contributed by atoms with Crippen molar-refractivity contribution in [3.63, 3.8) is 0 Å². The summed E-state index contributed by atoms with van der Waals surface area (Å²) in [7, 11) is 3.76. The number of nitrogens with zero attached hydrogens (tertiary/aromatic N) is 4. The lowest BCUT2D eigenvalue weighted by atomic mass is 9.88. The smallest absolute Gasteiger partial charge is 0.246 e. The van der Waals surface area contributed by atoms with Crippen molar-refractivity contribution in [1.29, 1.82) is 0 Å². The van der Waals surface area contributed by atoms with Gasteiger partial charge in [0.25, 0.3) is 0 Å². The highest BCUT2D eigenvalue weighted by Crippen LogP contribution is 2.29. The maximum atomic E-state index is 12.4. The molecule has 2 saturated heterocycles. The van der Waals surface area contributed by atoms with Crippen LogP contribution in [0.4, 0.5) is 0 Å². The van der Waals surface area contributed by atoms with Crippen LogP contribution in [-0.4, -0.2) is 57.6 Å². The van der Waals surface area contributed by atoms with Gasteiger partial charge >= 0.3 is 0 Å².